The predicted octanol–water partition coefficient (Wildman–Crippen LogP) is 5.10. The molecule has 0 saturated carbocycles. The monoisotopic (exact) mass is 525 g/mol. The molecule has 1 aromatic rings. The molecule has 0 unspecified atom stereocenters. The number of amides is 1. The van der Waals surface area contributed by atoms with Gasteiger partial charge in [-0.3, -0.25) is 9.59 Å². The van der Waals surface area contributed by atoms with E-state index in [-0.39, 0.29) is 41.9 Å². The number of carbonyl (C=O) groups is 2. The van der Waals surface area contributed by atoms with Crippen LogP contribution in [0, 0.1) is 11.3 Å². The van der Waals surface area contributed by atoms with E-state index >= 15 is 0 Å². The van der Waals surface area contributed by atoms with Crippen LogP contribution in [0.3, 0.4) is 0 Å². The van der Waals surface area contributed by atoms with Crippen molar-refractivity contribution in [2.24, 2.45) is 11.3 Å². The molecule has 7 nitrogen and oxygen atoms in total. The van der Waals surface area contributed by atoms with E-state index in [0.717, 1.165) is 0 Å². The van der Waals surface area contributed by atoms with Crippen LogP contribution < -0.4 is 4.74 Å². The molecule has 0 radical (unpaired) electrons. The number of hydrogen-bond donors (Lipinski definition) is 0. The minimum atomic E-state index is -3.49. The Morgan fingerprint density at radius 2 is 1.61 bits per heavy atom. The standard InChI is InChI=1S/C27H40FNO6S/c1-26(2,3)25(31)29-15-13-20(14-16-29)19-36(32,33)23-10-8-22(9-11-23)34-18-21(17-28)7-12-24(30)35-27(4,5)6/h8-11,17,20H,7,12-16,18-19H2,1-6H3/b21-17+. The van der Waals surface area contributed by atoms with E-state index < -0.39 is 26.8 Å². The van der Waals surface area contributed by atoms with E-state index in [0.29, 0.717) is 43.6 Å². The van der Waals surface area contributed by atoms with Gasteiger partial charge in [-0.1, -0.05) is 20.8 Å². The van der Waals surface area contributed by atoms with Crippen LogP contribution in [0.25, 0.3) is 0 Å². The Labute approximate surface area is 215 Å². The molecule has 1 aliphatic heterocycles. The Bertz CT molecular complexity index is 1030. The fourth-order valence-electron chi connectivity index (χ4n) is 3.92. The van der Waals surface area contributed by atoms with Gasteiger partial charge in [0.1, 0.15) is 18.0 Å². The van der Waals surface area contributed by atoms with Gasteiger partial charge in [-0.25, -0.2) is 12.8 Å². The summed E-state index contributed by atoms with van der Waals surface area (Å²) in [6.07, 6.45) is 1.94. The molecule has 1 fully saturated rings. The van der Waals surface area contributed by atoms with Crippen molar-refractivity contribution in [2.75, 3.05) is 25.4 Å². The lowest BCUT2D eigenvalue weighted by Crippen LogP contribution is -2.44. The smallest absolute Gasteiger partial charge is 0.306 e. The molecule has 1 aromatic carbocycles. The largest absolute Gasteiger partial charge is 0.489 e. The lowest BCUT2D eigenvalue weighted by molar-refractivity contribution is -0.154. The van der Waals surface area contributed by atoms with Gasteiger partial charge in [-0.2, -0.15) is 0 Å². The van der Waals surface area contributed by atoms with E-state index in [4.69, 9.17) is 9.47 Å². The van der Waals surface area contributed by atoms with Crippen LogP contribution in [0.5, 0.6) is 5.75 Å². The maximum Gasteiger partial charge on any atom is 0.306 e. The van der Waals surface area contributed by atoms with Crippen molar-refractivity contribution in [1.29, 1.82) is 0 Å². The van der Waals surface area contributed by atoms with E-state index in [1.807, 2.05) is 25.7 Å². The summed E-state index contributed by atoms with van der Waals surface area (Å²) in [6.45, 7) is 12.0. The van der Waals surface area contributed by atoms with Crippen molar-refractivity contribution in [3.05, 3.63) is 36.2 Å². The molecule has 9 heteroatoms. The fourth-order valence-corrected chi connectivity index (χ4v) is 5.61. The molecular formula is C27H40FNO6S. The van der Waals surface area contributed by atoms with Gasteiger partial charge >= 0.3 is 5.97 Å². The number of halogens is 1. The van der Waals surface area contributed by atoms with E-state index in [2.05, 4.69) is 0 Å². The number of likely N-dealkylation sites (tertiary alicyclic amines) is 1. The minimum Gasteiger partial charge on any atom is -0.489 e. The predicted molar refractivity (Wildman–Crippen MR) is 137 cm³/mol. The maximum atomic E-state index is 13.2. The Kier molecular flexibility index (Phi) is 10.1. The molecule has 2 rings (SSSR count). The molecule has 0 spiro atoms. The van der Waals surface area contributed by atoms with E-state index in [1.165, 1.54) is 12.1 Å². The topological polar surface area (TPSA) is 90.0 Å². The van der Waals surface area contributed by atoms with Gasteiger partial charge in [-0.15, -0.1) is 0 Å². The summed E-state index contributed by atoms with van der Waals surface area (Å²) in [7, 11) is -3.49. The zero-order valence-electron chi connectivity index (χ0n) is 22.3. The average molecular weight is 526 g/mol. The molecule has 1 amide bonds. The first-order valence-electron chi connectivity index (χ1n) is 12.4. The number of piperidine rings is 1. The summed E-state index contributed by atoms with van der Waals surface area (Å²) in [5, 5.41) is 0. The maximum absolute atomic E-state index is 13.2. The first kappa shape index (κ1) is 29.8. The van der Waals surface area contributed by atoms with Crippen LogP contribution in [-0.4, -0.2) is 56.2 Å². The highest BCUT2D eigenvalue weighted by atomic mass is 32.2. The van der Waals surface area contributed by atoms with Crippen LogP contribution in [0.2, 0.25) is 0 Å². The number of ether oxygens (including phenoxy) is 2. The van der Waals surface area contributed by atoms with Gasteiger partial charge < -0.3 is 14.4 Å². The van der Waals surface area contributed by atoms with Gasteiger partial charge in [0.05, 0.1) is 17.0 Å². The van der Waals surface area contributed by atoms with E-state index in [1.54, 1.807) is 32.9 Å². The third-order valence-corrected chi connectivity index (χ3v) is 7.73. The normalized spacial score (nSPS) is 16.1. The van der Waals surface area contributed by atoms with Crippen molar-refractivity contribution in [3.8, 4) is 5.75 Å². The van der Waals surface area contributed by atoms with Crippen LogP contribution >= 0.6 is 0 Å². The van der Waals surface area contributed by atoms with Gasteiger partial charge in [0.25, 0.3) is 0 Å². The molecule has 1 aliphatic rings. The second-order valence-electron chi connectivity index (χ2n) is 11.4. The zero-order chi connectivity index (χ0) is 27.1. The second kappa shape index (κ2) is 12.2. The Morgan fingerprint density at radius 1 is 1.03 bits per heavy atom. The second-order valence-corrected chi connectivity index (χ2v) is 13.4. The fraction of sp³-hybridized carbons (Fsp3) is 0.630. The SMILES string of the molecule is CC(C)(C)OC(=O)CC/C(=C\F)COc1ccc(S(=O)(=O)CC2CCN(C(=O)C(C)(C)C)CC2)cc1. The lowest BCUT2D eigenvalue weighted by Gasteiger charge is -2.35. The highest BCUT2D eigenvalue weighted by molar-refractivity contribution is 7.91. The molecule has 1 heterocycles. The third kappa shape index (κ3) is 9.56. The molecule has 1 saturated heterocycles. The summed E-state index contributed by atoms with van der Waals surface area (Å²) < 4.78 is 49.9. The highest BCUT2D eigenvalue weighted by Crippen LogP contribution is 2.27. The number of sulfone groups is 1. The molecule has 202 valence electrons. The number of hydrogen-bond acceptors (Lipinski definition) is 6. The lowest BCUT2D eigenvalue weighted by atomic mass is 9.91. The van der Waals surface area contributed by atoms with Crippen molar-refractivity contribution in [2.45, 2.75) is 77.7 Å². The van der Waals surface area contributed by atoms with Gasteiger partial charge in [0.2, 0.25) is 5.91 Å². The van der Waals surface area contributed by atoms with Crippen LogP contribution in [0.4, 0.5) is 4.39 Å². The van der Waals surface area contributed by atoms with Crippen LogP contribution in [-0.2, 0) is 24.2 Å². The first-order valence-corrected chi connectivity index (χ1v) is 14.0. The summed E-state index contributed by atoms with van der Waals surface area (Å²) in [4.78, 5) is 26.3. The number of rotatable bonds is 9. The number of benzene rings is 1. The third-order valence-electron chi connectivity index (χ3n) is 5.83. The quantitative estimate of drug-likeness (QED) is 0.417. The Hall–Kier alpha value is -2.42. The molecule has 0 aromatic heterocycles. The number of nitrogens with zero attached hydrogens (tertiary/aromatic N) is 1. The van der Waals surface area contributed by atoms with Crippen LogP contribution in [0.15, 0.2) is 41.1 Å². The van der Waals surface area contributed by atoms with Gasteiger partial charge in [0, 0.05) is 24.9 Å². The van der Waals surface area contributed by atoms with Gasteiger partial charge in [0.15, 0.2) is 9.84 Å². The molecule has 0 atom stereocenters. The van der Waals surface area contributed by atoms with Crippen LogP contribution in [0.1, 0.15) is 67.2 Å². The molecule has 0 bridgehead atoms. The van der Waals surface area contributed by atoms with Crippen molar-refractivity contribution in [3.63, 3.8) is 0 Å². The van der Waals surface area contributed by atoms with Crippen molar-refractivity contribution in [1.82, 2.24) is 4.90 Å². The summed E-state index contributed by atoms with van der Waals surface area (Å²) >= 11 is 0. The summed E-state index contributed by atoms with van der Waals surface area (Å²) in [6, 6.07) is 6.06. The first-order chi connectivity index (χ1) is 16.6. The molecule has 0 aliphatic carbocycles. The highest BCUT2D eigenvalue weighted by Gasteiger charge is 2.32. The van der Waals surface area contributed by atoms with Gasteiger partial charge in [-0.05, 0) is 75.8 Å². The minimum absolute atomic E-state index is 0.00262. The number of carbonyl (C=O) groups excluding carboxylic acids is 2. The van der Waals surface area contributed by atoms with Crippen molar-refractivity contribution < 1.29 is 31.9 Å². The zero-order valence-corrected chi connectivity index (χ0v) is 23.1. The van der Waals surface area contributed by atoms with E-state index in [9.17, 15) is 22.4 Å². The summed E-state index contributed by atoms with van der Waals surface area (Å²) in [5.41, 5.74) is -0.742. The number of esters is 1. The molecular weight excluding hydrogens is 485 g/mol. The summed E-state index contributed by atoms with van der Waals surface area (Å²) in [5.74, 6) is 0.110. The molecule has 36 heavy (non-hydrogen) atoms. The average Bonchev–Trinajstić information content (AvgIpc) is 2.77. The Balaban J connectivity index is 1.85. The van der Waals surface area contributed by atoms with Crippen molar-refractivity contribution >= 4 is 21.7 Å². The molecule has 0 N–H and O–H groups in total. The Morgan fingerprint density at radius 3 is 2.11 bits per heavy atom.